The van der Waals surface area contributed by atoms with Crippen LogP contribution in [0.5, 0.6) is 0 Å². The molecule has 5 nitrogen and oxygen atoms in total. The number of ether oxygens (including phenoxy) is 2. The van der Waals surface area contributed by atoms with Crippen LogP contribution in [0.1, 0.15) is 33.6 Å². The second-order valence-corrected chi connectivity index (χ2v) is 5.06. The molecule has 1 heterocycles. The molecule has 2 atom stereocenters. The number of hydrogen-bond acceptors (Lipinski definition) is 4. The molecule has 0 radical (unpaired) electrons. The first-order valence-electron chi connectivity index (χ1n) is 5.62. The van der Waals surface area contributed by atoms with Gasteiger partial charge in [0.05, 0.1) is 25.4 Å². The summed E-state index contributed by atoms with van der Waals surface area (Å²) in [5.74, 6) is 0. The number of hydrogen-bond donors (Lipinski definition) is 2. The van der Waals surface area contributed by atoms with Crippen LogP contribution in [0.2, 0.25) is 0 Å². The van der Waals surface area contributed by atoms with Gasteiger partial charge in [-0.3, -0.25) is 0 Å². The van der Waals surface area contributed by atoms with Gasteiger partial charge in [-0.1, -0.05) is 0 Å². The van der Waals surface area contributed by atoms with E-state index in [9.17, 15) is 4.79 Å². The van der Waals surface area contributed by atoms with Crippen molar-refractivity contribution in [1.82, 2.24) is 5.32 Å². The number of carbonyl (C=O) groups is 1. The zero-order chi connectivity index (χ0) is 12.2. The van der Waals surface area contributed by atoms with E-state index in [1.807, 2.05) is 20.8 Å². The third kappa shape index (κ3) is 4.81. The molecule has 1 aliphatic rings. The number of nitrogens with one attached hydrogen (secondary N) is 1. The Hall–Kier alpha value is -0.810. The van der Waals surface area contributed by atoms with Gasteiger partial charge >= 0.3 is 6.09 Å². The lowest BCUT2D eigenvalue weighted by Crippen LogP contribution is -2.45. The Morgan fingerprint density at radius 1 is 1.50 bits per heavy atom. The molecule has 16 heavy (non-hydrogen) atoms. The van der Waals surface area contributed by atoms with Crippen LogP contribution in [0.4, 0.5) is 4.79 Å². The minimum absolute atomic E-state index is 0.0161. The van der Waals surface area contributed by atoms with Crippen LogP contribution in [-0.4, -0.2) is 42.2 Å². The molecule has 0 aromatic heterocycles. The topological polar surface area (TPSA) is 67.8 Å². The molecule has 2 N–H and O–H groups in total. The summed E-state index contributed by atoms with van der Waals surface area (Å²) >= 11 is 0. The van der Waals surface area contributed by atoms with E-state index >= 15 is 0 Å². The third-order valence-electron chi connectivity index (χ3n) is 2.29. The van der Waals surface area contributed by atoms with E-state index in [1.54, 1.807) is 0 Å². The van der Waals surface area contributed by atoms with Crippen molar-refractivity contribution in [2.75, 3.05) is 13.2 Å². The number of alkyl carbamates (subject to hydrolysis) is 1. The smallest absolute Gasteiger partial charge is 0.407 e. The van der Waals surface area contributed by atoms with Gasteiger partial charge in [-0.2, -0.15) is 0 Å². The van der Waals surface area contributed by atoms with Gasteiger partial charge in [0.25, 0.3) is 0 Å². The summed E-state index contributed by atoms with van der Waals surface area (Å²) < 4.78 is 10.5. The predicted octanol–water partition coefficient (Wildman–Crippen LogP) is 1.05. The fourth-order valence-electron chi connectivity index (χ4n) is 1.54. The first-order chi connectivity index (χ1) is 7.40. The van der Waals surface area contributed by atoms with Crippen LogP contribution >= 0.6 is 0 Å². The van der Waals surface area contributed by atoms with Crippen molar-refractivity contribution >= 4 is 6.09 Å². The second-order valence-electron chi connectivity index (χ2n) is 5.06. The molecule has 0 bridgehead atoms. The van der Waals surface area contributed by atoms with Gasteiger partial charge in [-0.15, -0.1) is 0 Å². The number of aliphatic hydroxyl groups excluding tert-OH is 1. The van der Waals surface area contributed by atoms with E-state index in [1.165, 1.54) is 0 Å². The van der Waals surface area contributed by atoms with Crippen molar-refractivity contribution in [3.8, 4) is 0 Å². The van der Waals surface area contributed by atoms with Crippen molar-refractivity contribution in [3.05, 3.63) is 0 Å². The van der Waals surface area contributed by atoms with Crippen molar-refractivity contribution in [1.29, 1.82) is 0 Å². The fraction of sp³-hybridized carbons (Fsp3) is 0.909. The summed E-state index contributed by atoms with van der Waals surface area (Å²) in [5, 5.41) is 11.6. The van der Waals surface area contributed by atoms with Gasteiger partial charge in [-0.25, -0.2) is 4.79 Å². The van der Waals surface area contributed by atoms with Gasteiger partial charge in [-0.05, 0) is 33.6 Å². The van der Waals surface area contributed by atoms with Crippen LogP contribution in [0.15, 0.2) is 0 Å². The molecule has 1 fully saturated rings. The van der Waals surface area contributed by atoms with E-state index < -0.39 is 11.7 Å². The lowest BCUT2D eigenvalue weighted by atomic mass is 10.1. The summed E-state index contributed by atoms with van der Waals surface area (Å²) in [6.45, 7) is 5.95. The molecule has 1 saturated heterocycles. The normalized spacial score (nSPS) is 26.2. The Morgan fingerprint density at radius 2 is 2.19 bits per heavy atom. The standard InChI is InChI=1S/C11H21NO4/c1-11(2,3)16-10(14)12-8-4-5-9(6-13)15-7-8/h8-9,13H,4-7H2,1-3H3,(H,12,14)/t8?,9-/m0/s1. The Labute approximate surface area is 96.1 Å². The molecule has 1 rings (SSSR count). The molecule has 0 aliphatic carbocycles. The highest BCUT2D eigenvalue weighted by molar-refractivity contribution is 5.68. The maximum absolute atomic E-state index is 11.4. The van der Waals surface area contributed by atoms with Gasteiger partial charge < -0.3 is 19.9 Å². The molecule has 1 unspecified atom stereocenters. The van der Waals surface area contributed by atoms with E-state index in [0.717, 1.165) is 12.8 Å². The minimum atomic E-state index is -0.479. The summed E-state index contributed by atoms with van der Waals surface area (Å²) in [6.07, 6.45) is 1.07. The molecule has 0 aromatic carbocycles. The van der Waals surface area contributed by atoms with Crippen LogP contribution in [-0.2, 0) is 9.47 Å². The average Bonchev–Trinajstić information content (AvgIpc) is 2.16. The maximum Gasteiger partial charge on any atom is 0.407 e. The Kier molecular flexibility index (Phi) is 4.56. The molecule has 5 heteroatoms. The van der Waals surface area contributed by atoms with Crippen molar-refractivity contribution in [2.24, 2.45) is 0 Å². The van der Waals surface area contributed by atoms with Crippen LogP contribution in [0.25, 0.3) is 0 Å². The number of amides is 1. The molecule has 0 saturated carbocycles. The summed E-state index contributed by atoms with van der Waals surface area (Å²) in [6, 6.07) is -0.0161. The average molecular weight is 231 g/mol. The van der Waals surface area contributed by atoms with Crippen molar-refractivity contribution < 1.29 is 19.4 Å². The Bertz CT molecular complexity index is 229. The molecule has 1 aliphatic heterocycles. The zero-order valence-corrected chi connectivity index (χ0v) is 10.2. The number of rotatable bonds is 2. The van der Waals surface area contributed by atoms with Crippen molar-refractivity contribution in [2.45, 2.75) is 51.4 Å². The number of aliphatic hydroxyl groups is 1. The largest absolute Gasteiger partial charge is 0.444 e. The lowest BCUT2D eigenvalue weighted by molar-refractivity contribution is -0.0336. The van der Waals surface area contributed by atoms with Crippen LogP contribution < -0.4 is 5.32 Å². The van der Waals surface area contributed by atoms with Gasteiger partial charge in [0.1, 0.15) is 5.60 Å². The Balaban J connectivity index is 2.26. The quantitative estimate of drug-likeness (QED) is 0.745. The highest BCUT2D eigenvalue weighted by Crippen LogP contribution is 2.14. The first-order valence-corrected chi connectivity index (χ1v) is 5.62. The Morgan fingerprint density at radius 3 is 2.62 bits per heavy atom. The maximum atomic E-state index is 11.4. The molecule has 0 aromatic rings. The lowest BCUT2D eigenvalue weighted by Gasteiger charge is -2.29. The van der Waals surface area contributed by atoms with E-state index in [2.05, 4.69) is 5.32 Å². The van der Waals surface area contributed by atoms with Gasteiger partial charge in [0, 0.05) is 0 Å². The van der Waals surface area contributed by atoms with Crippen molar-refractivity contribution in [3.63, 3.8) is 0 Å². The highest BCUT2D eigenvalue weighted by atomic mass is 16.6. The fourth-order valence-corrected chi connectivity index (χ4v) is 1.54. The molecular formula is C11H21NO4. The molecule has 1 amide bonds. The summed E-state index contributed by atoms with van der Waals surface area (Å²) in [4.78, 5) is 11.4. The highest BCUT2D eigenvalue weighted by Gasteiger charge is 2.24. The van der Waals surface area contributed by atoms with Crippen LogP contribution in [0, 0.1) is 0 Å². The first kappa shape index (κ1) is 13.3. The number of carbonyl (C=O) groups excluding carboxylic acids is 1. The van der Waals surface area contributed by atoms with E-state index in [4.69, 9.17) is 14.6 Å². The summed E-state index contributed by atoms with van der Waals surface area (Å²) in [7, 11) is 0. The molecule has 0 spiro atoms. The summed E-state index contributed by atoms with van der Waals surface area (Å²) in [5.41, 5.74) is -0.479. The third-order valence-corrected chi connectivity index (χ3v) is 2.29. The van der Waals surface area contributed by atoms with Gasteiger partial charge in [0.15, 0.2) is 0 Å². The second kappa shape index (κ2) is 5.50. The minimum Gasteiger partial charge on any atom is -0.444 e. The van der Waals surface area contributed by atoms with E-state index in [-0.39, 0.29) is 18.8 Å². The van der Waals surface area contributed by atoms with Crippen LogP contribution in [0.3, 0.4) is 0 Å². The SMILES string of the molecule is CC(C)(C)OC(=O)NC1CC[C@@H](CO)OC1. The van der Waals surface area contributed by atoms with Gasteiger partial charge in [0.2, 0.25) is 0 Å². The monoisotopic (exact) mass is 231 g/mol. The zero-order valence-electron chi connectivity index (χ0n) is 10.2. The molecular weight excluding hydrogens is 210 g/mol. The predicted molar refractivity (Wildman–Crippen MR) is 59.2 cm³/mol. The van der Waals surface area contributed by atoms with E-state index in [0.29, 0.717) is 6.61 Å². The molecule has 94 valence electrons.